The first-order chi connectivity index (χ1) is 19.4. The largest absolute Gasteiger partial charge is 0.369 e. The highest BCUT2D eigenvalue weighted by molar-refractivity contribution is 6.00. The second-order valence-corrected chi connectivity index (χ2v) is 10.1. The lowest BCUT2D eigenvalue weighted by atomic mass is 10.0. The number of aromatic amines is 1. The Kier molecular flexibility index (Phi) is 8.00. The lowest BCUT2D eigenvalue weighted by Gasteiger charge is -2.34. The molecule has 204 valence electrons. The van der Waals surface area contributed by atoms with Crippen molar-refractivity contribution in [2.75, 3.05) is 69.4 Å². The molecule has 0 spiro atoms. The van der Waals surface area contributed by atoms with Crippen LogP contribution in [0.1, 0.15) is 5.56 Å². The smallest absolute Gasteiger partial charge is 0.248 e. The van der Waals surface area contributed by atoms with Gasteiger partial charge >= 0.3 is 0 Å². The summed E-state index contributed by atoms with van der Waals surface area (Å²) < 4.78 is 0. The molecule has 0 radical (unpaired) electrons. The molecule has 0 unspecified atom stereocenters. The van der Waals surface area contributed by atoms with E-state index in [1.54, 1.807) is 30.5 Å². The Hall–Kier alpha value is -4.79. The second-order valence-electron chi connectivity index (χ2n) is 10.1. The van der Waals surface area contributed by atoms with Gasteiger partial charge < -0.3 is 25.3 Å². The fourth-order valence-corrected chi connectivity index (χ4v) is 4.54. The van der Waals surface area contributed by atoms with Crippen molar-refractivity contribution < 1.29 is 4.79 Å². The van der Waals surface area contributed by atoms with Crippen LogP contribution in [0.4, 0.5) is 23.0 Å². The Morgan fingerprint density at radius 3 is 2.73 bits per heavy atom. The summed E-state index contributed by atoms with van der Waals surface area (Å²) in [6.45, 7) is 4.64. The lowest BCUT2D eigenvalue weighted by molar-refractivity contribution is -0.111. The third-order valence-electron chi connectivity index (χ3n) is 6.62. The number of fused-ring (bicyclic) bond motifs is 1. The molecule has 1 aliphatic heterocycles. The van der Waals surface area contributed by atoms with Gasteiger partial charge in [-0.15, -0.1) is 0 Å². The molecule has 4 aromatic rings. The fraction of sp³-hybridized carbons (Fsp3) is 0.276. The third-order valence-corrected chi connectivity index (χ3v) is 6.62. The topological polar surface area (TPSA) is 129 Å². The van der Waals surface area contributed by atoms with Crippen LogP contribution in [-0.2, 0) is 4.79 Å². The maximum Gasteiger partial charge on any atom is 0.248 e. The van der Waals surface area contributed by atoms with E-state index in [-0.39, 0.29) is 5.91 Å². The average molecular weight is 537 g/mol. The summed E-state index contributed by atoms with van der Waals surface area (Å²) in [4.78, 5) is 28.6. The SMILES string of the molecule is CN(C)C/C=C/C(=O)Nc1cc(C#N)cc(-c2nc(Nc3cccc(N4CCN(C)CC4)c3)nc3[nH]ncc23)c1. The summed E-state index contributed by atoms with van der Waals surface area (Å²) in [7, 11) is 6.00. The molecular formula is C29H32N10O. The number of piperazine rings is 1. The van der Waals surface area contributed by atoms with Crippen molar-refractivity contribution in [2.24, 2.45) is 0 Å². The fourth-order valence-electron chi connectivity index (χ4n) is 4.54. The van der Waals surface area contributed by atoms with Crippen LogP contribution in [-0.4, -0.2) is 89.7 Å². The molecule has 0 saturated carbocycles. The van der Waals surface area contributed by atoms with Crippen molar-refractivity contribution in [1.82, 2.24) is 30.0 Å². The molecule has 1 amide bonds. The van der Waals surface area contributed by atoms with Crippen LogP contribution in [0, 0.1) is 11.3 Å². The van der Waals surface area contributed by atoms with Gasteiger partial charge in [0.05, 0.1) is 28.9 Å². The van der Waals surface area contributed by atoms with E-state index < -0.39 is 0 Å². The molecule has 2 aromatic heterocycles. The van der Waals surface area contributed by atoms with Crippen LogP contribution in [0.15, 0.2) is 60.8 Å². The van der Waals surface area contributed by atoms with Gasteiger partial charge in [-0.05, 0) is 57.5 Å². The van der Waals surface area contributed by atoms with Gasteiger partial charge in [0.25, 0.3) is 0 Å². The molecule has 1 aliphatic rings. The van der Waals surface area contributed by atoms with Gasteiger partial charge in [-0.1, -0.05) is 12.1 Å². The van der Waals surface area contributed by atoms with E-state index >= 15 is 0 Å². The number of carbonyl (C=O) groups is 1. The summed E-state index contributed by atoms with van der Waals surface area (Å²) in [5.41, 5.74) is 4.71. The number of likely N-dealkylation sites (N-methyl/N-ethyl adjacent to an activating group) is 2. The number of H-pyrrole nitrogens is 1. The normalized spacial score (nSPS) is 14.1. The second kappa shape index (κ2) is 11.9. The van der Waals surface area contributed by atoms with Crippen LogP contribution in [0.3, 0.4) is 0 Å². The van der Waals surface area contributed by atoms with Crippen LogP contribution in [0.5, 0.6) is 0 Å². The molecule has 0 bridgehead atoms. The van der Waals surface area contributed by atoms with Gasteiger partial charge in [-0.25, -0.2) is 4.98 Å². The monoisotopic (exact) mass is 536 g/mol. The number of aromatic nitrogens is 4. The zero-order valence-electron chi connectivity index (χ0n) is 22.8. The van der Waals surface area contributed by atoms with Gasteiger partial charge in [-0.3, -0.25) is 9.89 Å². The first-order valence-electron chi connectivity index (χ1n) is 13.1. The Balaban J connectivity index is 1.44. The number of carbonyl (C=O) groups excluding carboxylic acids is 1. The first-order valence-corrected chi connectivity index (χ1v) is 13.1. The number of nitrogens with zero attached hydrogens (tertiary/aromatic N) is 7. The predicted molar refractivity (Wildman–Crippen MR) is 158 cm³/mol. The van der Waals surface area contributed by atoms with E-state index in [0.29, 0.717) is 46.0 Å². The highest BCUT2D eigenvalue weighted by Gasteiger charge is 2.16. The number of hydrogen-bond donors (Lipinski definition) is 3. The van der Waals surface area contributed by atoms with E-state index in [4.69, 9.17) is 4.98 Å². The van der Waals surface area contributed by atoms with E-state index in [1.807, 2.05) is 31.1 Å². The summed E-state index contributed by atoms with van der Waals surface area (Å²) in [5, 5.41) is 23.7. The van der Waals surface area contributed by atoms with Crippen molar-refractivity contribution >= 4 is 40.0 Å². The van der Waals surface area contributed by atoms with Gasteiger partial charge in [0, 0.05) is 61.4 Å². The minimum absolute atomic E-state index is 0.276. The number of nitriles is 1. The first kappa shape index (κ1) is 26.8. The van der Waals surface area contributed by atoms with Crippen molar-refractivity contribution in [1.29, 1.82) is 5.26 Å². The summed E-state index contributed by atoms with van der Waals surface area (Å²) in [5.74, 6) is 0.114. The Labute approximate surface area is 233 Å². The minimum Gasteiger partial charge on any atom is -0.369 e. The molecule has 11 nitrogen and oxygen atoms in total. The zero-order chi connectivity index (χ0) is 28.1. The molecule has 11 heteroatoms. The van der Waals surface area contributed by atoms with Crippen molar-refractivity contribution in [3.8, 4) is 17.3 Å². The van der Waals surface area contributed by atoms with Crippen molar-refractivity contribution in [2.45, 2.75) is 0 Å². The van der Waals surface area contributed by atoms with E-state index in [0.717, 1.165) is 37.6 Å². The standard InChI is InChI=1S/C29H32N10O/c1-37(2)9-5-8-26(40)32-23-15-20(18-30)14-21(16-23)27-25-19-31-36-28(25)35-29(34-27)33-22-6-4-7-24(17-22)39-12-10-38(3)11-13-39/h4-8,14-17,19H,9-13H2,1-3H3,(H,32,40)(H2,31,33,34,35,36)/b8-5+. The molecule has 3 heterocycles. The molecule has 5 rings (SSSR count). The molecule has 40 heavy (non-hydrogen) atoms. The number of hydrogen-bond acceptors (Lipinski definition) is 9. The van der Waals surface area contributed by atoms with E-state index in [2.05, 4.69) is 60.9 Å². The van der Waals surface area contributed by atoms with Gasteiger partial charge in [0.2, 0.25) is 11.9 Å². The molecule has 0 aliphatic carbocycles. The van der Waals surface area contributed by atoms with Gasteiger partial charge in [-0.2, -0.15) is 15.3 Å². The quantitative estimate of drug-likeness (QED) is 0.290. The minimum atomic E-state index is -0.276. The van der Waals surface area contributed by atoms with Gasteiger partial charge in [0.15, 0.2) is 5.65 Å². The number of rotatable bonds is 8. The zero-order valence-corrected chi connectivity index (χ0v) is 22.8. The van der Waals surface area contributed by atoms with E-state index in [1.165, 1.54) is 6.08 Å². The highest BCUT2D eigenvalue weighted by Crippen LogP contribution is 2.31. The maximum atomic E-state index is 12.5. The summed E-state index contributed by atoms with van der Waals surface area (Å²) in [6, 6.07) is 15.6. The molecule has 3 N–H and O–H groups in total. The molecule has 0 atom stereocenters. The molecule has 2 aromatic carbocycles. The van der Waals surface area contributed by atoms with Crippen LogP contribution in [0.2, 0.25) is 0 Å². The Bertz CT molecular complexity index is 1580. The number of amides is 1. The van der Waals surface area contributed by atoms with Crippen molar-refractivity contribution in [3.05, 3.63) is 66.4 Å². The number of benzene rings is 2. The third kappa shape index (κ3) is 6.43. The number of nitrogens with one attached hydrogen (secondary N) is 3. The van der Waals surface area contributed by atoms with Gasteiger partial charge in [0.1, 0.15) is 0 Å². The summed E-state index contributed by atoms with van der Waals surface area (Å²) in [6.07, 6.45) is 4.92. The van der Waals surface area contributed by atoms with Crippen LogP contribution in [0.25, 0.3) is 22.3 Å². The average Bonchev–Trinajstić information content (AvgIpc) is 3.41. The van der Waals surface area contributed by atoms with Crippen LogP contribution < -0.4 is 15.5 Å². The van der Waals surface area contributed by atoms with Crippen LogP contribution >= 0.6 is 0 Å². The Morgan fingerprint density at radius 1 is 1.12 bits per heavy atom. The predicted octanol–water partition coefficient (Wildman–Crippen LogP) is 3.44. The highest BCUT2D eigenvalue weighted by atomic mass is 16.1. The number of anilines is 4. The molecule has 1 fully saturated rings. The maximum absolute atomic E-state index is 12.5. The molecular weight excluding hydrogens is 504 g/mol. The van der Waals surface area contributed by atoms with E-state index in [9.17, 15) is 10.1 Å². The Morgan fingerprint density at radius 2 is 1.95 bits per heavy atom. The van der Waals surface area contributed by atoms with Crippen molar-refractivity contribution in [3.63, 3.8) is 0 Å². The molecule has 1 saturated heterocycles. The lowest BCUT2D eigenvalue weighted by Crippen LogP contribution is -2.44. The summed E-state index contributed by atoms with van der Waals surface area (Å²) >= 11 is 0.